The Hall–Kier alpha value is -1.95. The third kappa shape index (κ3) is 2.79. The van der Waals surface area contributed by atoms with Crippen molar-refractivity contribution in [3.8, 4) is 0 Å². The van der Waals surface area contributed by atoms with Crippen LogP contribution in [0.15, 0.2) is 24.3 Å². The lowest BCUT2D eigenvalue weighted by molar-refractivity contribution is -0.384. The predicted molar refractivity (Wildman–Crippen MR) is 61.4 cm³/mol. The molecule has 1 heterocycles. The lowest BCUT2D eigenvalue weighted by atomic mass is 10.2. The number of carbonyl (C=O) groups excluding carboxylic acids is 1. The van der Waals surface area contributed by atoms with Gasteiger partial charge in [-0.25, -0.2) is 0 Å². The monoisotopic (exact) mass is 235 g/mol. The number of nitro benzene ring substituents is 1. The number of non-ortho nitro benzene ring substituents is 1. The molecule has 1 aromatic carbocycles. The summed E-state index contributed by atoms with van der Waals surface area (Å²) in [7, 11) is 0. The number of nitrogens with zero attached hydrogens (tertiary/aromatic N) is 2. The SMILES string of the molecule is O=C1CNCCN1Cc1cccc([N+](=O)[O-])c1. The van der Waals surface area contributed by atoms with Gasteiger partial charge in [-0.3, -0.25) is 14.9 Å². The fourth-order valence-electron chi connectivity index (χ4n) is 1.80. The molecule has 0 saturated carbocycles. The lowest BCUT2D eigenvalue weighted by Crippen LogP contribution is -2.47. The van der Waals surface area contributed by atoms with Crippen molar-refractivity contribution < 1.29 is 9.72 Å². The third-order valence-electron chi connectivity index (χ3n) is 2.68. The summed E-state index contributed by atoms with van der Waals surface area (Å²) in [5.41, 5.74) is 0.847. The van der Waals surface area contributed by atoms with Gasteiger partial charge in [-0.05, 0) is 5.56 Å². The summed E-state index contributed by atoms with van der Waals surface area (Å²) < 4.78 is 0. The van der Waals surface area contributed by atoms with E-state index in [2.05, 4.69) is 5.32 Å². The highest BCUT2D eigenvalue weighted by molar-refractivity contribution is 5.79. The van der Waals surface area contributed by atoms with E-state index in [-0.39, 0.29) is 11.6 Å². The number of piperazine rings is 1. The van der Waals surface area contributed by atoms with Gasteiger partial charge in [0.15, 0.2) is 0 Å². The van der Waals surface area contributed by atoms with Gasteiger partial charge in [0.05, 0.1) is 11.5 Å². The molecule has 1 N–H and O–H groups in total. The number of hydrogen-bond donors (Lipinski definition) is 1. The molecule has 6 nitrogen and oxygen atoms in total. The molecule has 6 heteroatoms. The average molecular weight is 235 g/mol. The molecule has 0 aliphatic carbocycles. The van der Waals surface area contributed by atoms with Crippen molar-refractivity contribution in [2.45, 2.75) is 6.54 Å². The number of carbonyl (C=O) groups is 1. The van der Waals surface area contributed by atoms with Crippen LogP contribution in [0.5, 0.6) is 0 Å². The van der Waals surface area contributed by atoms with Crippen LogP contribution in [0.25, 0.3) is 0 Å². The molecule has 0 atom stereocenters. The second-order valence-electron chi connectivity index (χ2n) is 3.92. The molecule has 2 rings (SSSR count). The van der Waals surface area contributed by atoms with Crippen LogP contribution in [0.1, 0.15) is 5.56 Å². The van der Waals surface area contributed by atoms with Crippen molar-refractivity contribution in [1.29, 1.82) is 0 Å². The van der Waals surface area contributed by atoms with Crippen molar-refractivity contribution >= 4 is 11.6 Å². The Kier molecular flexibility index (Phi) is 3.34. The molecule has 1 saturated heterocycles. The van der Waals surface area contributed by atoms with E-state index in [1.807, 2.05) is 0 Å². The van der Waals surface area contributed by atoms with Gasteiger partial charge < -0.3 is 10.2 Å². The molecular weight excluding hydrogens is 222 g/mol. The molecule has 0 unspecified atom stereocenters. The molecule has 1 aliphatic heterocycles. The first-order chi connectivity index (χ1) is 8.16. The molecule has 1 fully saturated rings. The predicted octanol–water partition coefficient (Wildman–Crippen LogP) is 0.527. The molecule has 0 spiro atoms. The first-order valence-corrected chi connectivity index (χ1v) is 5.38. The smallest absolute Gasteiger partial charge is 0.269 e. The summed E-state index contributed by atoms with van der Waals surface area (Å²) in [6.07, 6.45) is 0. The van der Waals surface area contributed by atoms with Crippen molar-refractivity contribution in [1.82, 2.24) is 10.2 Å². The standard InChI is InChI=1S/C11H13N3O3/c15-11-7-12-4-5-13(11)8-9-2-1-3-10(6-9)14(16)17/h1-3,6,12H,4-5,7-8H2. The normalized spacial score (nSPS) is 16.0. The Morgan fingerprint density at radius 3 is 3.00 bits per heavy atom. The summed E-state index contributed by atoms with van der Waals surface area (Å²) >= 11 is 0. The number of nitro groups is 1. The summed E-state index contributed by atoms with van der Waals surface area (Å²) in [5.74, 6) is 0.0303. The fraction of sp³-hybridized carbons (Fsp3) is 0.364. The Labute approximate surface area is 98.4 Å². The number of benzene rings is 1. The Bertz CT molecular complexity index is 447. The second-order valence-corrected chi connectivity index (χ2v) is 3.92. The van der Waals surface area contributed by atoms with Gasteiger partial charge in [0.1, 0.15) is 0 Å². The zero-order valence-electron chi connectivity index (χ0n) is 9.26. The maximum atomic E-state index is 11.5. The van der Waals surface area contributed by atoms with E-state index < -0.39 is 4.92 Å². The van der Waals surface area contributed by atoms with Gasteiger partial charge >= 0.3 is 0 Å². The fourth-order valence-corrected chi connectivity index (χ4v) is 1.80. The van der Waals surface area contributed by atoms with E-state index in [0.717, 1.165) is 12.1 Å². The summed E-state index contributed by atoms with van der Waals surface area (Å²) in [5, 5.41) is 13.6. The number of amides is 1. The van der Waals surface area contributed by atoms with Gasteiger partial charge in [-0.15, -0.1) is 0 Å². The van der Waals surface area contributed by atoms with E-state index in [9.17, 15) is 14.9 Å². The van der Waals surface area contributed by atoms with Crippen LogP contribution in [0, 0.1) is 10.1 Å². The Morgan fingerprint density at radius 2 is 2.29 bits per heavy atom. The Balaban J connectivity index is 2.09. The zero-order chi connectivity index (χ0) is 12.3. The maximum Gasteiger partial charge on any atom is 0.269 e. The summed E-state index contributed by atoms with van der Waals surface area (Å²) in [4.78, 5) is 23.4. The van der Waals surface area contributed by atoms with Crippen LogP contribution < -0.4 is 5.32 Å². The van der Waals surface area contributed by atoms with Gasteiger partial charge in [0, 0.05) is 31.8 Å². The minimum atomic E-state index is -0.427. The summed E-state index contributed by atoms with van der Waals surface area (Å²) in [6.45, 7) is 2.18. The molecule has 1 aromatic rings. The quantitative estimate of drug-likeness (QED) is 0.612. The van der Waals surface area contributed by atoms with E-state index >= 15 is 0 Å². The maximum absolute atomic E-state index is 11.5. The van der Waals surface area contributed by atoms with Crippen molar-refractivity contribution in [2.75, 3.05) is 19.6 Å². The van der Waals surface area contributed by atoms with Crippen LogP contribution in [0.2, 0.25) is 0 Å². The van der Waals surface area contributed by atoms with Crippen molar-refractivity contribution in [2.24, 2.45) is 0 Å². The number of rotatable bonds is 3. The third-order valence-corrected chi connectivity index (χ3v) is 2.68. The molecule has 0 bridgehead atoms. The topological polar surface area (TPSA) is 75.5 Å². The van der Waals surface area contributed by atoms with Gasteiger partial charge in [-0.1, -0.05) is 12.1 Å². The van der Waals surface area contributed by atoms with E-state index in [0.29, 0.717) is 19.6 Å². The van der Waals surface area contributed by atoms with Crippen LogP contribution in [-0.2, 0) is 11.3 Å². The van der Waals surface area contributed by atoms with Crippen molar-refractivity contribution in [3.05, 3.63) is 39.9 Å². The van der Waals surface area contributed by atoms with E-state index in [4.69, 9.17) is 0 Å². The number of hydrogen-bond acceptors (Lipinski definition) is 4. The average Bonchev–Trinajstić information content (AvgIpc) is 2.32. The van der Waals surface area contributed by atoms with Crippen LogP contribution in [-0.4, -0.2) is 35.4 Å². The minimum Gasteiger partial charge on any atom is -0.336 e. The number of nitrogens with one attached hydrogen (secondary N) is 1. The van der Waals surface area contributed by atoms with Gasteiger partial charge in [0.2, 0.25) is 5.91 Å². The first kappa shape index (κ1) is 11.5. The highest BCUT2D eigenvalue weighted by Gasteiger charge is 2.18. The highest BCUT2D eigenvalue weighted by atomic mass is 16.6. The highest BCUT2D eigenvalue weighted by Crippen LogP contribution is 2.15. The molecule has 1 aliphatic rings. The first-order valence-electron chi connectivity index (χ1n) is 5.38. The zero-order valence-corrected chi connectivity index (χ0v) is 9.26. The van der Waals surface area contributed by atoms with Crippen molar-refractivity contribution in [3.63, 3.8) is 0 Å². The molecule has 17 heavy (non-hydrogen) atoms. The Morgan fingerprint density at radius 1 is 1.47 bits per heavy atom. The molecule has 90 valence electrons. The van der Waals surface area contributed by atoms with E-state index in [1.54, 1.807) is 17.0 Å². The molecule has 0 aromatic heterocycles. The molecule has 0 radical (unpaired) electrons. The largest absolute Gasteiger partial charge is 0.336 e. The van der Waals surface area contributed by atoms with Crippen LogP contribution in [0.3, 0.4) is 0 Å². The van der Waals surface area contributed by atoms with E-state index in [1.165, 1.54) is 12.1 Å². The second kappa shape index (κ2) is 4.92. The lowest BCUT2D eigenvalue weighted by Gasteiger charge is -2.27. The molecular formula is C11H13N3O3. The minimum absolute atomic E-state index is 0.0303. The van der Waals surface area contributed by atoms with Gasteiger partial charge in [0.25, 0.3) is 5.69 Å². The van der Waals surface area contributed by atoms with Crippen LogP contribution in [0.4, 0.5) is 5.69 Å². The van der Waals surface area contributed by atoms with Gasteiger partial charge in [-0.2, -0.15) is 0 Å². The summed E-state index contributed by atoms with van der Waals surface area (Å²) in [6, 6.07) is 6.39. The van der Waals surface area contributed by atoms with Crippen LogP contribution >= 0.6 is 0 Å². The molecule has 1 amide bonds.